The van der Waals surface area contributed by atoms with Crippen LogP contribution in [0.15, 0.2) is 116 Å². The Balaban J connectivity index is 1.74. The van der Waals surface area contributed by atoms with Gasteiger partial charge < -0.3 is 0 Å². The maximum absolute atomic E-state index is 13.4. The van der Waals surface area contributed by atoms with Crippen LogP contribution in [0.4, 0.5) is 0 Å². The van der Waals surface area contributed by atoms with Crippen molar-refractivity contribution in [1.82, 2.24) is 5.06 Å². The molecule has 0 fully saturated rings. The van der Waals surface area contributed by atoms with E-state index in [1.54, 1.807) is 18.2 Å². The number of carbonyl (C=O) groups excluding carboxylic acids is 1. The van der Waals surface area contributed by atoms with Crippen LogP contribution < -0.4 is 0 Å². The molecule has 0 aliphatic heterocycles. The van der Waals surface area contributed by atoms with E-state index in [2.05, 4.69) is 24.8 Å². The minimum absolute atomic E-state index is 0.204. The quantitative estimate of drug-likeness (QED) is 0.271. The van der Waals surface area contributed by atoms with Crippen molar-refractivity contribution >= 4 is 16.7 Å². The second-order valence-corrected chi connectivity index (χ2v) is 7.00. The van der Waals surface area contributed by atoms with E-state index in [4.69, 9.17) is 4.84 Å². The van der Waals surface area contributed by atoms with Crippen molar-refractivity contribution in [1.29, 1.82) is 0 Å². The lowest BCUT2D eigenvalue weighted by Crippen LogP contribution is -2.34. The van der Waals surface area contributed by atoms with E-state index in [0.717, 1.165) is 21.9 Å². The molecule has 3 nitrogen and oxygen atoms in total. The Morgan fingerprint density at radius 3 is 2.20 bits per heavy atom. The topological polar surface area (TPSA) is 29.5 Å². The second kappa shape index (κ2) is 9.21. The largest absolute Gasteiger partial charge is 0.278 e. The Labute approximate surface area is 176 Å². The molecule has 0 saturated carbocycles. The van der Waals surface area contributed by atoms with Crippen LogP contribution in [0.1, 0.15) is 27.5 Å². The molecule has 148 valence electrons. The van der Waals surface area contributed by atoms with Crippen LogP contribution in [0.3, 0.4) is 0 Å². The normalized spacial score (nSPS) is 11.7. The molecule has 0 unspecified atom stereocenters. The highest BCUT2D eigenvalue weighted by molar-refractivity contribution is 5.94. The summed E-state index contributed by atoms with van der Waals surface area (Å²) in [6.45, 7) is 4.31. The van der Waals surface area contributed by atoms with Crippen molar-refractivity contribution in [2.45, 2.75) is 12.6 Å². The summed E-state index contributed by atoms with van der Waals surface area (Å²) in [5, 5.41) is 3.62. The predicted octanol–water partition coefficient (Wildman–Crippen LogP) is 6.34. The van der Waals surface area contributed by atoms with Gasteiger partial charge in [0.05, 0.1) is 0 Å². The van der Waals surface area contributed by atoms with Crippen molar-refractivity contribution in [3.63, 3.8) is 0 Å². The molecule has 0 aliphatic rings. The third-order valence-corrected chi connectivity index (χ3v) is 5.05. The van der Waals surface area contributed by atoms with E-state index in [0.29, 0.717) is 5.56 Å². The van der Waals surface area contributed by atoms with Gasteiger partial charge in [0, 0.05) is 5.56 Å². The van der Waals surface area contributed by atoms with E-state index in [-0.39, 0.29) is 12.5 Å². The fraction of sp³-hybridized carbons (Fsp3) is 0.0741. The molecule has 4 aromatic carbocycles. The average Bonchev–Trinajstić information content (AvgIpc) is 2.82. The van der Waals surface area contributed by atoms with Crippen LogP contribution >= 0.6 is 0 Å². The average molecular weight is 393 g/mol. The van der Waals surface area contributed by atoms with Crippen molar-refractivity contribution in [3.8, 4) is 0 Å². The molecule has 30 heavy (non-hydrogen) atoms. The minimum atomic E-state index is -0.437. The smallest absolute Gasteiger partial charge is 0.267 e. The van der Waals surface area contributed by atoms with Crippen molar-refractivity contribution in [3.05, 3.63) is 132 Å². The van der Waals surface area contributed by atoms with E-state index in [1.165, 1.54) is 5.06 Å². The summed E-state index contributed by atoms with van der Waals surface area (Å²) in [4.78, 5) is 19.5. The summed E-state index contributed by atoms with van der Waals surface area (Å²) in [6, 6.07) is 32.8. The number of nitrogens with zero attached hydrogens (tertiary/aromatic N) is 1. The number of fused-ring (bicyclic) bond motifs is 1. The lowest BCUT2D eigenvalue weighted by molar-refractivity contribution is -0.150. The van der Waals surface area contributed by atoms with Gasteiger partial charge in [-0.05, 0) is 34.0 Å². The fourth-order valence-electron chi connectivity index (χ4n) is 3.55. The van der Waals surface area contributed by atoms with Gasteiger partial charge >= 0.3 is 0 Å². The summed E-state index contributed by atoms with van der Waals surface area (Å²) >= 11 is 0. The molecule has 0 N–H and O–H groups in total. The van der Waals surface area contributed by atoms with Gasteiger partial charge in [-0.25, -0.2) is 5.06 Å². The zero-order valence-electron chi connectivity index (χ0n) is 16.6. The molecule has 0 saturated heterocycles. The molecule has 1 amide bonds. The maximum atomic E-state index is 13.4. The number of amides is 1. The zero-order valence-corrected chi connectivity index (χ0v) is 16.6. The Morgan fingerprint density at radius 1 is 0.833 bits per heavy atom. The molecule has 0 aromatic heterocycles. The number of hydroxylamine groups is 2. The van der Waals surface area contributed by atoms with E-state index < -0.39 is 6.04 Å². The van der Waals surface area contributed by atoms with Gasteiger partial charge in [-0.2, -0.15) is 0 Å². The van der Waals surface area contributed by atoms with Crippen molar-refractivity contribution in [2.75, 3.05) is 0 Å². The highest BCUT2D eigenvalue weighted by Gasteiger charge is 2.26. The Bertz CT molecular complexity index is 1130. The molecule has 4 aromatic rings. The molecule has 0 aliphatic carbocycles. The highest BCUT2D eigenvalue weighted by Crippen LogP contribution is 2.31. The van der Waals surface area contributed by atoms with E-state index in [9.17, 15) is 4.79 Å². The standard InChI is InChI=1S/C27H23NO2/c1-2-26(25-19-11-17-22-14-9-10-18-24(22)25)28(27(29)23-15-7-4-8-16-23)30-20-21-12-5-3-6-13-21/h2-19,26H,1,20H2/t26-/m0/s1. The summed E-state index contributed by atoms with van der Waals surface area (Å²) in [6.07, 6.45) is 1.76. The first-order valence-electron chi connectivity index (χ1n) is 9.93. The Kier molecular flexibility index (Phi) is 6.02. The van der Waals surface area contributed by atoms with Crippen molar-refractivity contribution in [2.24, 2.45) is 0 Å². The molecule has 4 rings (SSSR count). The minimum Gasteiger partial charge on any atom is -0.267 e. The molecule has 3 heteroatoms. The lowest BCUT2D eigenvalue weighted by atomic mass is 9.98. The van der Waals surface area contributed by atoms with Crippen molar-refractivity contribution < 1.29 is 9.63 Å². The van der Waals surface area contributed by atoms with Gasteiger partial charge in [0.25, 0.3) is 5.91 Å². The Morgan fingerprint density at radius 2 is 1.47 bits per heavy atom. The number of hydrogen-bond donors (Lipinski definition) is 0. The molecule has 0 spiro atoms. The monoisotopic (exact) mass is 393 g/mol. The van der Waals surface area contributed by atoms with Gasteiger partial charge in [0.2, 0.25) is 0 Å². The maximum Gasteiger partial charge on any atom is 0.278 e. The van der Waals surface area contributed by atoms with E-state index in [1.807, 2.05) is 72.8 Å². The number of rotatable bonds is 7. The molecule has 0 bridgehead atoms. The van der Waals surface area contributed by atoms with Gasteiger partial charge in [0.1, 0.15) is 12.6 Å². The summed E-state index contributed by atoms with van der Waals surface area (Å²) < 4.78 is 0. The van der Waals surface area contributed by atoms with Crippen LogP contribution in [-0.2, 0) is 11.4 Å². The van der Waals surface area contributed by atoms with Gasteiger partial charge in [-0.15, -0.1) is 6.58 Å². The van der Waals surface area contributed by atoms with Crippen LogP contribution in [0.2, 0.25) is 0 Å². The fourth-order valence-corrected chi connectivity index (χ4v) is 3.55. The lowest BCUT2D eigenvalue weighted by Gasteiger charge is -2.30. The summed E-state index contributed by atoms with van der Waals surface area (Å²) in [5.41, 5.74) is 2.53. The predicted molar refractivity (Wildman–Crippen MR) is 121 cm³/mol. The second-order valence-electron chi connectivity index (χ2n) is 7.00. The first-order valence-corrected chi connectivity index (χ1v) is 9.93. The van der Waals surface area contributed by atoms with Crippen LogP contribution in [0, 0.1) is 0 Å². The van der Waals surface area contributed by atoms with Crippen LogP contribution in [0.25, 0.3) is 10.8 Å². The molecule has 1 atom stereocenters. The zero-order chi connectivity index (χ0) is 20.8. The van der Waals surface area contributed by atoms with Crippen LogP contribution in [-0.4, -0.2) is 11.0 Å². The third kappa shape index (κ3) is 4.17. The summed E-state index contributed by atoms with van der Waals surface area (Å²) in [7, 11) is 0. The van der Waals surface area contributed by atoms with Crippen LogP contribution in [0.5, 0.6) is 0 Å². The van der Waals surface area contributed by atoms with Gasteiger partial charge in [0.15, 0.2) is 0 Å². The molecule has 0 heterocycles. The SMILES string of the molecule is C=C[C@@H](c1cccc2ccccc12)N(OCc1ccccc1)C(=O)c1ccccc1. The molecular weight excluding hydrogens is 370 g/mol. The number of benzene rings is 4. The number of carbonyl (C=O) groups is 1. The summed E-state index contributed by atoms with van der Waals surface area (Å²) in [5.74, 6) is -0.204. The first kappa shape index (κ1) is 19.6. The molecule has 0 radical (unpaired) electrons. The Hall–Kier alpha value is -3.69. The van der Waals surface area contributed by atoms with Gasteiger partial charge in [-0.1, -0.05) is 97.1 Å². The van der Waals surface area contributed by atoms with E-state index >= 15 is 0 Å². The highest BCUT2D eigenvalue weighted by atomic mass is 16.7. The number of hydrogen-bond acceptors (Lipinski definition) is 2. The third-order valence-electron chi connectivity index (χ3n) is 5.05. The van der Waals surface area contributed by atoms with Gasteiger partial charge in [-0.3, -0.25) is 9.63 Å². The first-order chi connectivity index (χ1) is 14.8. The molecular formula is C27H23NO2.